The van der Waals surface area contributed by atoms with Crippen molar-refractivity contribution in [2.75, 3.05) is 44.6 Å². The summed E-state index contributed by atoms with van der Waals surface area (Å²) in [5.74, 6) is -1.18. The molecule has 0 aliphatic carbocycles. The van der Waals surface area contributed by atoms with Crippen molar-refractivity contribution in [3.8, 4) is 0 Å². The highest BCUT2D eigenvalue weighted by Crippen LogP contribution is 2.20. The van der Waals surface area contributed by atoms with Gasteiger partial charge in [0.1, 0.15) is 0 Å². The van der Waals surface area contributed by atoms with Gasteiger partial charge in [-0.1, -0.05) is 25.1 Å². The summed E-state index contributed by atoms with van der Waals surface area (Å²) in [5.41, 5.74) is 2.75. The average molecular weight is 318 g/mol. The molecule has 1 fully saturated rings. The molecule has 1 saturated heterocycles. The number of hydrogen-bond acceptors (Lipinski definition) is 4. The Kier molecular flexibility index (Phi) is 6.55. The second-order valence-corrected chi connectivity index (χ2v) is 5.76. The summed E-state index contributed by atoms with van der Waals surface area (Å²) in [4.78, 5) is 26.3. The highest BCUT2D eigenvalue weighted by atomic mass is 16.2. The molecule has 3 N–H and O–H groups in total. The summed E-state index contributed by atoms with van der Waals surface area (Å²) < 4.78 is 0. The number of benzene rings is 1. The number of amides is 2. The number of hydrogen-bond donors (Lipinski definition) is 3. The molecule has 1 aliphatic rings. The van der Waals surface area contributed by atoms with Gasteiger partial charge in [-0.2, -0.15) is 0 Å². The molecule has 6 nitrogen and oxygen atoms in total. The summed E-state index contributed by atoms with van der Waals surface area (Å²) in [6.45, 7) is 9.11. The minimum Gasteiger partial charge on any atom is -0.347 e. The number of nitrogens with zero attached hydrogens (tertiary/aromatic N) is 1. The molecule has 2 rings (SSSR count). The third-order valence-electron chi connectivity index (χ3n) is 4.11. The fourth-order valence-corrected chi connectivity index (χ4v) is 2.71. The Morgan fingerprint density at radius 2 is 1.96 bits per heavy atom. The highest BCUT2D eigenvalue weighted by Gasteiger charge is 2.16. The van der Waals surface area contributed by atoms with E-state index in [9.17, 15) is 9.59 Å². The number of para-hydroxylation sites is 1. The molecule has 0 aromatic heterocycles. The molecule has 0 atom stereocenters. The lowest BCUT2D eigenvalue weighted by atomic mass is 10.1. The Morgan fingerprint density at radius 3 is 2.65 bits per heavy atom. The Labute approximate surface area is 137 Å². The maximum Gasteiger partial charge on any atom is 0.313 e. The molecule has 2 amide bonds. The van der Waals surface area contributed by atoms with Crippen LogP contribution >= 0.6 is 0 Å². The van der Waals surface area contributed by atoms with Gasteiger partial charge in [-0.3, -0.25) is 14.5 Å². The second kappa shape index (κ2) is 8.64. The summed E-state index contributed by atoms with van der Waals surface area (Å²) in [5, 5.41) is 8.72. The van der Waals surface area contributed by atoms with Gasteiger partial charge in [-0.25, -0.2) is 0 Å². The van der Waals surface area contributed by atoms with E-state index in [-0.39, 0.29) is 0 Å². The molecular weight excluding hydrogens is 292 g/mol. The largest absolute Gasteiger partial charge is 0.347 e. The van der Waals surface area contributed by atoms with E-state index in [4.69, 9.17) is 0 Å². The van der Waals surface area contributed by atoms with Gasteiger partial charge in [-0.05, 0) is 24.5 Å². The van der Waals surface area contributed by atoms with Crippen LogP contribution in [-0.4, -0.2) is 56.0 Å². The highest BCUT2D eigenvalue weighted by molar-refractivity contribution is 6.39. The summed E-state index contributed by atoms with van der Waals surface area (Å²) in [6, 6.07) is 5.85. The Balaban J connectivity index is 1.82. The van der Waals surface area contributed by atoms with Crippen LogP contribution in [0.1, 0.15) is 18.1 Å². The lowest BCUT2D eigenvalue weighted by Gasteiger charge is -2.27. The molecule has 0 unspecified atom stereocenters. The molecule has 0 radical (unpaired) electrons. The predicted molar refractivity (Wildman–Crippen MR) is 91.5 cm³/mol. The minimum atomic E-state index is -0.602. The van der Waals surface area contributed by atoms with E-state index in [0.29, 0.717) is 6.54 Å². The van der Waals surface area contributed by atoms with Gasteiger partial charge < -0.3 is 16.0 Å². The van der Waals surface area contributed by atoms with Crippen LogP contribution < -0.4 is 16.0 Å². The van der Waals surface area contributed by atoms with Gasteiger partial charge in [0.25, 0.3) is 0 Å². The van der Waals surface area contributed by atoms with Crippen molar-refractivity contribution in [2.45, 2.75) is 20.3 Å². The van der Waals surface area contributed by atoms with Crippen LogP contribution in [0.5, 0.6) is 0 Å². The molecule has 1 aromatic carbocycles. The second-order valence-electron chi connectivity index (χ2n) is 5.76. The van der Waals surface area contributed by atoms with Gasteiger partial charge in [-0.15, -0.1) is 0 Å². The van der Waals surface area contributed by atoms with Crippen molar-refractivity contribution < 1.29 is 9.59 Å². The summed E-state index contributed by atoms with van der Waals surface area (Å²) >= 11 is 0. The third-order valence-corrected chi connectivity index (χ3v) is 4.11. The lowest BCUT2D eigenvalue weighted by molar-refractivity contribution is -0.136. The Hall–Kier alpha value is -1.92. The molecule has 1 heterocycles. The van der Waals surface area contributed by atoms with Crippen LogP contribution in [0, 0.1) is 6.92 Å². The third kappa shape index (κ3) is 5.04. The quantitative estimate of drug-likeness (QED) is 0.692. The van der Waals surface area contributed by atoms with E-state index in [1.807, 2.05) is 32.0 Å². The number of piperazine rings is 1. The Bertz CT molecular complexity index is 554. The van der Waals surface area contributed by atoms with Crippen LogP contribution in [0.4, 0.5) is 5.69 Å². The Morgan fingerprint density at radius 1 is 1.22 bits per heavy atom. The maximum absolute atomic E-state index is 12.1. The fourth-order valence-electron chi connectivity index (χ4n) is 2.71. The van der Waals surface area contributed by atoms with Gasteiger partial charge in [0.2, 0.25) is 0 Å². The van der Waals surface area contributed by atoms with Crippen molar-refractivity contribution in [1.29, 1.82) is 0 Å². The topological polar surface area (TPSA) is 73.5 Å². The zero-order chi connectivity index (χ0) is 16.7. The van der Waals surface area contributed by atoms with Crippen LogP contribution in [0.2, 0.25) is 0 Å². The first-order valence-corrected chi connectivity index (χ1v) is 8.22. The summed E-state index contributed by atoms with van der Waals surface area (Å²) in [7, 11) is 0. The molecule has 23 heavy (non-hydrogen) atoms. The minimum absolute atomic E-state index is 0.487. The molecule has 1 aromatic rings. The standard InChI is InChI=1S/C17H26N4O2/c1-3-14-6-4-5-13(2)15(14)20-17(23)16(22)19-9-12-21-10-7-18-8-11-21/h4-6,18H,3,7-12H2,1-2H3,(H,19,22)(H,20,23). The smallest absolute Gasteiger partial charge is 0.313 e. The molecule has 6 heteroatoms. The number of carbonyl (C=O) groups is 2. The maximum atomic E-state index is 12.1. The first-order chi connectivity index (χ1) is 11.1. The first-order valence-electron chi connectivity index (χ1n) is 8.22. The number of rotatable bonds is 5. The number of nitrogens with one attached hydrogen (secondary N) is 3. The van der Waals surface area contributed by atoms with Crippen molar-refractivity contribution in [3.05, 3.63) is 29.3 Å². The molecule has 126 valence electrons. The van der Waals surface area contributed by atoms with Crippen LogP contribution in [0.3, 0.4) is 0 Å². The van der Waals surface area contributed by atoms with Gasteiger partial charge in [0.15, 0.2) is 0 Å². The summed E-state index contributed by atoms with van der Waals surface area (Å²) in [6.07, 6.45) is 0.807. The number of carbonyl (C=O) groups excluding carboxylic acids is 2. The molecule has 1 aliphatic heterocycles. The fraction of sp³-hybridized carbons (Fsp3) is 0.529. The van der Waals surface area contributed by atoms with E-state index < -0.39 is 11.8 Å². The van der Waals surface area contributed by atoms with Gasteiger partial charge in [0.05, 0.1) is 0 Å². The molecular formula is C17H26N4O2. The van der Waals surface area contributed by atoms with Crippen LogP contribution in [0.25, 0.3) is 0 Å². The van der Waals surface area contributed by atoms with E-state index in [2.05, 4.69) is 20.9 Å². The zero-order valence-electron chi connectivity index (χ0n) is 13.9. The van der Waals surface area contributed by atoms with Crippen molar-refractivity contribution >= 4 is 17.5 Å². The first kappa shape index (κ1) is 17.4. The van der Waals surface area contributed by atoms with E-state index in [0.717, 1.165) is 56.0 Å². The lowest BCUT2D eigenvalue weighted by Crippen LogP contribution is -2.47. The van der Waals surface area contributed by atoms with E-state index >= 15 is 0 Å². The number of anilines is 1. The van der Waals surface area contributed by atoms with E-state index in [1.54, 1.807) is 0 Å². The normalized spacial score (nSPS) is 15.2. The van der Waals surface area contributed by atoms with E-state index in [1.165, 1.54) is 0 Å². The van der Waals surface area contributed by atoms with Crippen molar-refractivity contribution in [3.63, 3.8) is 0 Å². The monoisotopic (exact) mass is 318 g/mol. The van der Waals surface area contributed by atoms with Crippen molar-refractivity contribution in [2.24, 2.45) is 0 Å². The SMILES string of the molecule is CCc1cccc(C)c1NC(=O)C(=O)NCCN1CCNCC1. The molecule has 0 bridgehead atoms. The van der Waals surface area contributed by atoms with Crippen LogP contribution in [0.15, 0.2) is 18.2 Å². The average Bonchev–Trinajstić information content (AvgIpc) is 2.57. The van der Waals surface area contributed by atoms with Gasteiger partial charge >= 0.3 is 11.8 Å². The molecule has 0 spiro atoms. The van der Waals surface area contributed by atoms with Crippen LogP contribution in [-0.2, 0) is 16.0 Å². The van der Waals surface area contributed by atoms with Crippen molar-refractivity contribution in [1.82, 2.24) is 15.5 Å². The van der Waals surface area contributed by atoms with Gasteiger partial charge in [0, 0.05) is 45.0 Å². The number of aryl methyl sites for hydroxylation is 2. The predicted octanol–water partition coefficient (Wildman–Crippen LogP) is 0.517. The zero-order valence-corrected chi connectivity index (χ0v) is 13.9. The molecule has 0 saturated carbocycles.